The number of primary amides is 1. The van der Waals surface area contributed by atoms with Crippen LogP contribution in [-0.4, -0.2) is 12.5 Å². The van der Waals surface area contributed by atoms with Gasteiger partial charge in [-0.2, -0.15) is 0 Å². The minimum Gasteiger partial charge on any atom is -0.399 e. The fourth-order valence-corrected chi connectivity index (χ4v) is 2.12. The van der Waals surface area contributed by atoms with E-state index in [1.54, 1.807) is 12.1 Å². The van der Waals surface area contributed by atoms with E-state index >= 15 is 0 Å². The van der Waals surface area contributed by atoms with Gasteiger partial charge in [-0.3, -0.25) is 4.79 Å². The summed E-state index contributed by atoms with van der Waals surface area (Å²) in [5.74, 6) is 0.176. The summed E-state index contributed by atoms with van der Waals surface area (Å²) in [5, 5.41) is 3.33. The Hall–Kier alpha value is -1.71. The Bertz CT molecular complexity index is 418. The number of carbonyl (C=O) groups excluding carboxylic acids is 1. The highest BCUT2D eigenvalue weighted by molar-refractivity contribution is 5.99. The molecular formula is C15H25N3O. The molecule has 1 amide bonds. The number of nitrogens with one attached hydrogen (secondary N) is 1. The van der Waals surface area contributed by atoms with Crippen LogP contribution in [-0.2, 0) is 0 Å². The van der Waals surface area contributed by atoms with Crippen molar-refractivity contribution in [3.05, 3.63) is 23.8 Å². The summed E-state index contributed by atoms with van der Waals surface area (Å²) in [6.45, 7) is 5.26. The molecule has 19 heavy (non-hydrogen) atoms. The van der Waals surface area contributed by atoms with Crippen LogP contribution in [0.5, 0.6) is 0 Å². The second-order valence-corrected chi connectivity index (χ2v) is 4.97. The van der Waals surface area contributed by atoms with E-state index in [-0.39, 0.29) is 0 Å². The zero-order chi connectivity index (χ0) is 14.3. The molecule has 5 N–H and O–H groups in total. The number of nitrogen functional groups attached to an aromatic ring is 1. The smallest absolute Gasteiger partial charge is 0.250 e. The molecule has 0 aliphatic rings. The molecule has 0 saturated carbocycles. The van der Waals surface area contributed by atoms with Crippen molar-refractivity contribution in [3.8, 4) is 0 Å². The first-order valence-electron chi connectivity index (χ1n) is 7.01. The number of rotatable bonds is 8. The molecule has 1 atom stereocenters. The van der Waals surface area contributed by atoms with Crippen molar-refractivity contribution in [2.75, 3.05) is 17.6 Å². The third kappa shape index (κ3) is 4.81. The van der Waals surface area contributed by atoms with Gasteiger partial charge in [-0.25, -0.2) is 0 Å². The van der Waals surface area contributed by atoms with Crippen LogP contribution in [0.25, 0.3) is 0 Å². The molecule has 0 aromatic heterocycles. The molecule has 0 aliphatic carbocycles. The quantitative estimate of drug-likeness (QED) is 0.631. The van der Waals surface area contributed by atoms with Crippen LogP contribution >= 0.6 is 0 Å². The first kappa shape index (κ1) is 15.3. The van der Waals surface area contributed by atoms with Gasteiger partial charge < -0.3 is 16.8 Å². The average molecular weight is 263 g/mol. The van der Waals surface area contributed by atoms with Crippen LogP contribution in [0.15, 0.2) is 18.2 Å². The lowest BCUT2D eigenvalue weighted by Crippen LogP contribution is -2.18. The maximum Gasteiger partial charge on any atom is 0.250 e. The number of nitrogens with two attached hydrogens (primary N) is 2. The van der Waals surface area contributed by atoms with Crippen LogP contribution in [0.3, 0.4) is 0 Å². The second-order valence-electron chi connectivity index (χ2n) is 4.97. The Kier molecular flexibility index (Phi) is 6.19. The Labute approximate surface area is 115 Å². The molecule has 1 aromatic rings. The fraction of sp³-hybridized carbons (Fsp3) is 0.533. The number of unbranched alkanes of at least 4 members (excludes halogenated alkanes) is 1. The van der Waals surface area contributed by atoms with Crippen LogP contribution in [0.2, 0.25) is 0 Å². The topological polar surface area (TPSA) is 81.1 Å². The molecule has 0 fully saturated rings. The molecular weight excluding hydrogens is 238 g/mol. The summed E-state index contributed by atoms with van der Waals surface area (Å²) < 4.78 is 0. The Morgan fingerprint density at radius 1 is 1.37 bits per heavy atom. The highest BCUT2D eigenvalue weighted by Crippen LogP contribution is 2.20. The van der Waals surface area contributed by atoms with E-state index in [0.29, 0.717) is 17.2 Å². The molecule has 1 aromatic carbocycles. The zero-order valence-corrected chi connectivity index (χ0v) is 11.9. The molecule has 0 spiro atoms. The third-order valence-corrected chi connectivity index (χ3v) is 3.43. The molecule has 106 valence electrons. The minimum atomic E-state index is -0.448. The monoisotopic (exact) mass is 263 g/mol. The van der Waals surface area contributed by atoms with Crippen LogP contribution in [0.4, 0.5) is 11.4 Å². The summed E-state index contributed by atoms with van der Waals surface area (Å²) in [5.41, 5.74) is 12.8. The Balaban J connectivity index is 2.68. The molecule has 0 saturated heterocycles. The lowest BCUT2D eigenvalue weighted by molar-refractivity contribution is 0.100. The van der Waals surface area contributed by atoms with Gasteiger partial charge in [0.25, 0.3) is 5.91 Å². The van der Waals surface area contributed by atoms with Gasteiger partial charge in [0.2, 0.25) is 0 Å². The number of hydrogen-bond acceptors (Lipinski definition) is 3. The van der Waals surface area contributed by atoms with E-state index in [9.17, 15) is 4.79 Å². The van der Waals surface area contributed by atoms with Gasteiger partial charge in [-0.15, -0.1) is 0 Å². The number of hydrogen-bond donors (Lipinski definition) is 3. The number of carbonyl (C=O) groups is 1. The van der Waals surface area contributed by atoms with Gasteiger partial charge in [0.15, 0.2) is 0 Å². The highest BCUT2D eigenvalue weighted by Gasteiger charge is 2.11. The lowest BCUT2D eigenvalue weighted by atomic mass is 9.99. The predicted molar refractivity (Wildman–Crippen MR) is 81.2 cm³/mol. The molecule has 0 radical (unpaired) electrons. The van der Waals surface area contributed by atoms with E-state index in [1.807, 2.05) is 6.07 Å². The van der Waals surface area contributed by atoms with Crippen molar-refractivity contribution in [2.24, 2.45) is 11.7 Å². The SMILES string of the molecule is CCCCC(CC)CNc1ccc(N)cc1C(N)=O. The normalized spacial score (nSPS) is 12.1. The van der Waals surface area contributed by atoms with Crippen molar-refractivity contribution in [1.29, 1.82) is 0 Å². The Morgan fingerprint density at radius 2 is 2.11 bits per heavy atom. The maximum atomic E-state index is 11.4. The van der Waals surface area contributed by atoms with Gasteiger partial charge >= 0.3 is 0 Å². The summed E-state index contributed by atoms with van der Waals surface area (Å²) in [6, 6.07) is 5.22. The number of benzene rings is 1. The van der Waals surface area contributed by atoms with Gasteiger partial charge in [0.05, 0.1) is 5.56 Å². The molecule has 1 rings (SSSR count). The van der Waals surface area contributed by atoms with Gasteiger partial charge in [-0.1, -0.05) is 33.1 Å². The average Bonchev–Trinajstić information content (AvgIpc) is 2.40. The van der Waals surface area contributed by atoms with Gasteiger partial charge in [-0.05, 0) is 30.5 Å². The summed E-state index contributed by atoms with van der Waals surface area (Å²) in [6.07, 6.45) is 4.80. The first-order valence-corrected chi connectivity index (χ1v) is 7.01. The standard InChI is InChI=1S/C15H25N3O/c1-3-5-6-11(4-2)10-18-14-8-7-12(16)9-13(14)15(17)19/h7-9,11,18H,3-6,10,16H2,1-2H3,(H2,17,19). The lowest BCUT2D eigenvalue weighted by Gasteiger charge is -2.17. The van der Waals surface area contributed by atoms with Crippen molar-refractivity contribution < 1.29 is 4.79 Å². The number of amides is 1. The van der Waals surface area contributed by atoms with Crippen molar-refractivity contribution in [3.63, 3.8) is 0 Å². The Morgan fingerprint density at radius 3 is 2.68 bits per heavy atom. The molecule has 4 heteroatoms. The van der Waals surface area contributed by atoms with E-state index in [2.05, 4.69) is 19.2 Å². The molecule has 0 bridgehead atoms. The number of anilines is 2. The molecule has 4 nitrogen and oxygen atoms in total. The van der Waals surface area contributed by atoms with E-state index in [1.165, 1.54) is 19.3 Å². The zero-order valence-electron chi connectivity index (χ0n) is 11.9. The third-order valence-electron chi connectivity index (χ3n) is 3.43. The molecule has 1 unspecified atom stereocenters. The summed E-state index contributed by atoms with van der Waals surface area (Å²) in [4.78, 5) is 11.4. The fourth-order valence-electron chi connectivity index (χ4n) is 2.12. The van der Waals surface area contributed by atoms with Crippen molar-refractivity contribution in [1.82, 2.24) is 0 Å². The van der Waals surface area contributed by atoms with Crippen LogP contribution < -0.4 is 16.8 Å². The van der Waals surface area contributed by atoms with Crippen LogP contribution in [0.1, 0.15) is 49.9 Å². The van der Waals surface area contributed by atoms with Crippen molar-refractivity contribution in [2.45, 2.75) is 39.5 Å². The largest absolute Gasteiger partial charge is 0.399 e. The van der Waals surface area contributed by atoms with Crippen LogP contribution in [0, 0.1) is 5.92 Å². The molecule has 0 aliphatic heterocycles. The van der Waals surface area contributed by atoms with E-state index in [4.69, 9.17) is 11.5 Å². The van der Waals surface area contributed by atoms with Gasteiger partial charge in [0, 0.05) is 17.9 Å². The van der Waals surface area contributed by atoms with E-state index < -0.39 is 5.91 Å². The van der Waals surface area contributed by atoms with Gasteiger partial charge in [0.1, 0.15) is 0 Å². The minimum absolute atomic E-state index is 0.448. The molecule has 0 heterocycles. The summed E-state index contributed by atoms with van der Waals surface area (Å²) >= 11 is 0. The summed E-state index contributed by atoms with van der Waals surface area (Å²) in [7, 11) is 0. The predicted octanol–water partition coefficient (Wildman–Crippen LogP) is 3.00. The van der Waals surface area contributed by atoms with E-state index in [0.717, 1.165) is 18.7 Å². The maximum absolute atomic E-state index is 11.4. The second kappa shape index (κ2) is 7.67. The first-order chi connectivity index (χ1) is 9.08. The van der Waals surface area contributed by atoms with Crippen molar-refractivity contribution >= 4 is 17.3 Å². The highest BCUT2D eigenvalue weighted by atomic mass is 16.1.